The van der Waals surface area contributed by atoms with Crippen LogP contribution in [0.1, 0.15) is 18.1 Å². The third kappa shape index (κ3) is 5.31. The molecule has 0 fully saturated rings. The highest BCUT2D eigenvalue weighted by molar-refractivity contribution is 7.64. The van der Waals surface area contributed by atoms with Gasteiger partial charge in [-0.2, -0.15) is 21.6 Å². The highest BCUT2D eigenvalue weighted by Gasteiger charge is 2.24. The van der Waals surface area contributed by atoms with Gasteiger partial charge in [-0.25, -0.2) is 0 Å². The molecule has 0 aliphatic rings. The second-order valence-corrected chi connectivity index (χ2v) is 12.8. The molecular weight excluding hydrogens is 291 g/mol. The minimum absolute atomic E-state index is 0.239. The highest BCUT2D eigenvalue weighted by atomic mass is 35.8. The molecule has 0 atom stereocenters. The summed E-state index contributed by atoms with van der Waals surface area (Å²) in [6.07, 6.45) is 1.26. The Kier molecular flexibility index (Phi) is 5.56. The van der Waals surface area contributed by atoms with E-state index in [9.17, 15) is 0 Å². The maximum absolute atomic E-state index is 5.67. The molecule has 0 bridgehead atoms. The molecule has 0 saturated heterocycles. The van der Waals surface area contributed by atoms with Gasteiger partial charge < -0.3 is 0 Å². The Bertz CT molecular complexity index is 335. The molecule has 84 valence electrons. The van der Waals surface area contributed by atoms with Crippen LogP contribution in [0, 0.1) is 0 Å². The van der Waals surface area contributed by atoms with Gasteiger partial charge in [0.1, 0.15) is 0 Å². The van der Waals surface area contributed by atoms with Crippen molar-refractivity contribution in [2.45, 2.75) is 19.9 Å². The van der Waals surface area contributed by atoms with Gasteiger partial charge in [-0.3, -0.25) is 0 Å². The molecule has 0 aromatic carbocycles. The van der Waals surface area contributed by atoms with Crippen molar-refractivity contribution in [3.05, 3.63) is 21.9 Å². The van der Waals surface area contributed by atoms with Gasteiger partial charge in [0, 0.05) is 0 Å². The summed E-state index contributed by atoms with van der Waals surface area (Å²) in [5.74, 6) is 0. The largest absolute Gasteiger partial charge is 0.363 e. The number of thiophene rings is 1. The number of rotatable bonds is 5. The lowest BCUT2D eigenvalue weighted by Crippen LogP contribution is -2.14. The Morgan fingerprint density at radius 2 is 1.87 bits per heavy atom. The zero-order chi connectivity index (χ0) is 11.3. The van der Waals surface area contributed by atoms with E-state index in [1.807, 2.05) is 0 Å². The Morgan fingerprint density at radius 3 is 2.47 bits per heavy atom. The number of hydrogen-bond donors (Lipinski definition) is 0. The first-order valence-corrected chi connectivity index (χ1v) is 10.7. The van der Waals surface area contributed by atoms with Crippen molar-refractivity contribution in [3.63, 3.8) is 0 Å². The number of hydrogen-bond acceptors (Lipinski definition) is 3. The van der Waals surface area contributed by atoms with Gasteiger partial charge in [-0.05, 0) is 28.3 Å². The van der Waals surface area contributed by atoms with Gasteiger partial charge in [-0.1, -0.05) is 6.92 Å². The summed E-state index contributed by atoms with van der Waals surface area (Å²) in [7, 11) is 0. The zero-order valence-corrected chi connectivity index (χ0v) is 12.3. The lowest BCUT2D eigenvalue weighted by Gasteiger charge is -2.00. The summed E-state index contributed by atoms with van der Waals surface area (Å²) in [6, 6.07) is -2.64. The summed E-state index contributed by atoms with van der Waals surface area (Å²) in [5, 5.41) is 12.1. The second-order valence-electron chi connectivity index (χ2n) is 2.99. The first-order valence-electron chi connectivity index (χ1n) is 4.47. The molecule has 1 heterocycles. The molecule has 0 saturated carbocycles. The van der Waals surface area contributed by atoms with Gasteiger partial charge in [-0.15, -0.1) is 33.2 Å². The SMILES string of the molecule is CCc1cscc1CN=NC[Si](Cl)(Cl)Cl. The second kappa shape index (κ2) is 6.20. The van der Waals surface area contributed by atoms with Gasteiger partial charge >= 0.3 is 6.00 Å². The lowest BCUT2D eigenvalue weighted by molar-refractivity contribution is 0.906. The fraction of sp³-hybridized carbons (Fsp3) is 0.500. The quantitative estimate of drug-likeness (QED) is 0.436. The van der Waals surface area contributed by atoms with Crippen molar-refractivity contribution in [3.8, 4) is 0 Å². The third-order valence-electron chi connectivity index (χ3n) is 1.81. The van der Waals surface area contributed by atoms with E-state index in [0.717, 1.165) is 6.42 Å². The van der Waals surface area contributed by atoms with Gasteiger partial charge in [0.15, 0.2) is 0 Å². The van der Waals surface area contributed by atoms with Crippen LogP contribution in [0.15, 0.2) is 21.0 Å². The molecular formula is C8H11Cl3N2SSi. The maximum atomic E-state index is 5.67. The zero-order valence-electron chi connectivity index (χ0n) is 8.21. The number of aryl methyl sites for hydroxylation is 1. The highest BCUT2D eigenvalue weighted by Crippen LogP contribution is 2.20. The predicted octanol–water partition coefficient (Wildman–Crippen LogP) is 4.46. The summed E-state index contributed by atoms with van der Waals surface area (Å²) < 4.78 is 0. The van der Waals surface area contributed by atoms with Gasteiger partial charge in [0.2, 0.25) is 0 Å². The standard InChI is InChI=1S/C8H11Cl3N2SSi/c1-2-7-4-14-5-8(7)3-12-13-6-15(9,10)11/h4-5H,2-3,6H2,1H3. The third-order valence-corrected chi connectivity index (χ3v) is 4.22. The molecule has 0 unspecified atom stereocenters. The van der Waals surface area contributed by atoms with Crippen molar-refractivity contribution < 1.29 is 0 Å². The average molecular weight is 302 g/mol. The minimum Gasteiger partial charge on any atom is -0.193 e. The molecule has 7 heteroatoms. The predicted molar refractivity (Wildman–Crippen MR) is 70.4 cm³/mol. The normalized spacial score (nSPS) is 12.5. The van der Waals surface area contributed by atoms with E-state index >= 15 is 0 Å². The Balaban J connectivity index is 2.43. The first kappa shape index (κ1) is 13.5. The molecule has 0 aliphatic heterocycles. The molecule has 1 aromatic rings. The number of azo groups is 1. The first-order chi connectivity index (χ1) is 7.03. The fourth-order valence-electron chi connectivity index (χ4n) is 1.06. The Labute approximate surface area is 108 Å². The van der Waals surface area contributed by atoms with Crippen molar-refractivity contribution >= 4 is 50.6 Å². The van der Waals surface area contributed by atoms with Crippen LogP contribution < -0.4 is 0 Å². The minimum atomic E-state index is -2.64. The van der Waals surface area contributed by atoms with E-state index in [1.165, 1.54) is 11.1 Å². The monoisotopic (exact) mass is 300 g/mol. The fourth-order valence-corrected chi connectivity index (χ4v) is 2.74. The summed E-state index contributed by atoms with van der Waals surface area (Å²) in [5.41, 5.74) is 2.54. The van der Waals surface area contributed by atoms with E-state index in [-0.39, 0.29) is 6.17 Å². The summed E-state index contributed by atoms with van der Waals surface area (Å²) in [6.45, 7) is 2.71. The van der Waals surface area contributed by atoms with Gasteiger partial charge in [0.05, 0.1) is 12.7 Å². The van der Waals surface area contributed by atoms with Crippen LogP contribution in [0.25, 0.3) is 0 Å². The van der Waals surface area contributed by atoms with E-state index in [1.54, 1.807) is 11.3 Å². The van der Waals surface area contributed by atoms with E-state index in [4.69, 9.17) is 33.2 Å². The van der Waals surface area contributed by atoms with Crippen molar-refractivity contribution in [2.75, 3.05) is 6.17 Å². The van der Waals surface area contributed by atoms with E-state index in [0.29, 0.717) is 6.54 Å². The molecule has 0 spiro atoms. The molecule has 1 rings (SSSR count). The lowest BCUT2D eigenvalue weighted by atomic mass is 10.1. The van der Waals surface area contributed by atoms with Crippen LogP contribution >= 0.6 is 44.6 Å². The summed E-state index contributed by atoms with van der Waals surface area (Å²) >= 11 is 18.7. The Hall–Kier alpha value is 0.387. The molecule has 0 amide bonds. The number of nitrogens with zero attached hydrogens (tertiary/aromatic N) is 2. The molecule has 2 nitrogen and oxygen atoms in total. The smallest absolute Gasteiger partial charge is 0.193 e. The van der Waals surface area contributed by atoms with Crippen molar-refractivity contribution in [2.24, 2.45) is 10.2 Å². The van der Waals surface area contributed by atoms with Crippen LogP contribution in [0.4, 0.5) is 0 Å². The molecule has 0 aliphatic carbocycles. The molecule has 1 aromatic heterocycles. The van der Waals surface area contributed by atoms with Crippen LogP contribution in [0.5, 0.6) is 0 Å². The van der Waals surface area contributed by atoms with Crippen molar-refractivity contribution in [1.82, 2.24) is 0 Å². The number of halogens is 3. The maximum Gasteiger partial charge on any atom is 0.363 e. The van der Waals surface area contributed by atoms with Gasteiger partial charge in [0.25, 0.3) is 0 Å². The van der Waals surface area contributed by atoms with Crippen LogP contribution in [0.2, 0.25) is 0 Å². The van der Waals surface area contributed by atoms with Crippen LogP contribution in [-0.4, -0.2) is 12.2 Å². The Morgan fingerprint density at radius 1 is 1.20 bits per heavy atom. The van der Waals surface area contributed by atoms with Crippen LogP contribution in [-0.2, 0) is 13.0 Å². The topological polar surface area (TPSA) is 24.7 Å². The molecule has 15 heavy (non-hydrogen) atoms. The van der Waals surface area contributed by atoms with E-state index in [2.05, 4.69) is 27.9 Å². The average Bonchev–Trinajstić information content (AvgIpc) is 2.58. The molecule has 0 radical (unpaired) electrons. The van der Waals surface area contributed by atoms with Crippen LogP contribution in [0.3, 0.4) is 0 Å². The van der Waals surface area contributed by atoms with Crippen molar-refractivity contribution in [1.29, 1.82) is 0 Å². The molecule has 0 N–H and O–H groups in total. The van der Waals surface area contributed by atoms with E-state index < -0.39 is 6.00 Å². The summed E-state index contributed by atoms with van der Waals surface area (Å²) in [4.78, 5) is 0.